The topological polar surface area (TPSA) is 85.1 Å². The van der Waals surface area contributed by atoms with Gasteiger partial charge in [-0.1, -0.05) is 0 Å². The molecule has 0 radical (unpaired) electrons. The Morgan fingerprint density at radius 3 is 2.57 bits per heavy atom. The molecule has 2 aromatic rings. The second kappa shape index (κ2) is 5.57. The van der Waals surface area contributed by atoms with Gasteiger partial charge in [-0.05, 0) is 40.5 Å². The molecular formula is C12H10BrF2N3O2S. The van der Waals surface area contributed by atoms with Crippen LogP contribution in [-0.4, -0.2) is 13.4 Å². The normalized spacial score (nSPS) is 11.4. The molecule has 0 bridgehead atoms. The van der Waals surface area contributed by atoms with Crippen LogP contribution in [0.4, 0.5) is 20.3 Å². The van der Waals surface area contributed by atoms with Gasteiger partial charge in [0.05, 0.1) is 5.69 Å². The highest BCUT2D eigenvalue weighted by atomic mass is 79.9. The zero-order valence-electron chi connectivity index (χ0n) is 10.7. The van der Waals surface area contributed by atoms with Gasteiger partial charge in [0.15, 0.2) is 0 Å². The van der Waals surface area contributed by atoms with E-state index in [1.54, 1.807) is 0 Å². The molecule has 2 rings (SSSR count). The van der Waals surface area contributed by atoms with E-state index in [1.807, 2.05) is 4.72 Å². The molecule has 0 aliphatic heterocycles. The first kappa shape index (κ1) is 15.6. The van der Waals surface area contributed by atoms with E-state index in [-0.39, 0.29) is 16.3 Å². The van der Waals surface area contributed by atoms with Crippen molar-refractivity contribution in [2.45, 2.75) is 11.8 Å². The molecule has 0 unspecified atom stereocenters. The number of sulfonamides is 1. The lowest BCUT2D eigenvalue weighted by Crippen LogP contribution is -2.16. The van der Waals surface area contributed by atoms with Gasteiger partial charge in [-0.25, -0.2) is 22.2 Å². The average molecular weight is 378 g/mol. The standard InChI is InChI=1S/C12H10BrF2N3O2S/c1-6-2-9(15)10(4-8(6)14)18-21(19,20)11-3-7(13)5-17-12(11)16/h2-5,18H,1H3,(H2,16,17). The van der Waals surface area contributed by atoms with Crippen molar-refractivity contribution in [2.24, 2.45) is 0 Å². The van der Waals surface area contributed by atoms with Crippen LogP contribution in [-0.2, 0) is 10.0 Å². The number of hydrogen-bond acceptors (Lipinski definition) is 4. The summed E-state index contributed by atoms with van der Waals surface area (Å²) in [6.45, 7) is 1.37. The van der Waals surface area contributed by atoms with Crippen LogP contribution in [0.3, 0.4) is 0 Å². The van der Waals surface area contributed by atoms with Gasteiger partial charge in [-0.3, -0.25) is 4.72 Å². The molecule has 0 spiro atoms. The van der Waals surface area contributed by atoms with Gasteiger partial charge in [-0.15, -0.1) is 0 Å². The maximum Gasteiger partial charge on any atom is 0.265 e. The molecule has 1 aromatic heterocycles. The summed E-state index contributed by atoms with van der Waals surface area (Å²) in [5.74, 6) is -1.87. The van der Waals surface area contributed by atoms with Crippen molar-refractivity contribution in [3.05, 3.63) is 46.1 Å². The summed E-state index contributed by atoms with van der Waals surface area (Å²) in [6.07, 6.45) is 1.32. The fourth-order valence-corrected chi connectivity index (χ4v) is 3.22. The van der Waals surface area contributed by atoms with E-state index in [0.717, 1.165) is 12.1 Å². The van der Waals surface area contributed by atoms with Crippen LogP contribution < -0.4 is 10.5 Å². The summed E-state index contributed by atoms with van der Waals surface area (Å²) in [7, 11) is -4.19. The number of hydrogen-bond donors (Lipinski definition) is 2. The van der Waals surface area contributed by atoms with Crippen molar-refractivity contribution in [2.75, 3.05) is 10.5 Å². The first-order chi connectivity index (χ1) is 9.70. The molecule has 9 heteroatoms. The Kier molecular flexibility index (Phi) is 4.15. The lowest BCUT2D eigenvalue weighted by molar-refractivity contribution is 0.590. The summed E-state index contributed by atoms with van der Waals surface area (Å²) in [6, 6.07) is 2.88. The average Bonchev–Trinajstić information content (AvgIpc) is 2.38. The van der Waals surface area contributed by atoms with Crippen LogP contribution in [0.1, 0.15) is 5.56 Å². The summed E-state index contributed by atoms with van der Waals surface area (Å²) in [5.41, 5.74) is 5.07. The molecule has 0 aliphatic rings. The number of halogens is 3. The van der Waals surface area contributed by atoms with E-state index < -0.39 is 27.3 Å². The highest BCUT2D eigenvalue weighted by Gasteiger charge is 2.21. The summed E-state index contributed by atoms with van der Waals surface area (Å²) >= 11 is 3.07. The number of aromatic nitrogens is 1. The summed E-state index contributed by atoms with van der Waals surface area (Å²) in [4.78, 5) is 3.35. The van der Waals surface area contributed by atoms with E-state index in [1.165, 1.54) is 19.2 Å². The first-order valence-corrected chi connectivity index (χ1v) is 7.88. The smallest absolute Gasteiger partial charge is 0.265 e. The predicted molar refractivity (Wildman–Crippen MR) is 78.3 cm³/mol. The van der Waals surface area contributed by atoms with Crippen LogP contribution in [0.5, 0.6) is 0 Å². The van der Waals surface area contributed by atoms with Crippen molar-refractivity contribution in [3.63, 3.8) is 0 Å². The monoisotopic (exact) mass is 377 g/mol. The fraction of sp³-hybridized carbons (Fsp3) is 0.0833. The number of nitrogens with two attached hydrogens (primary N) is 1. The van der Waals surface area contributed by atoms with Gasteiger partial charge < -0.3 is 5.73 Å². The zero-order chi connectivity index (χ0) is 15.8. The zero-order valence-corrected chi connectivity index (χ0v) is 13.1. The molecule has 3 N–H and O–H groups in total. The van der Waals surface area contributed by atoms with E-state index in [2.05, 4.69) is 20.9 Å². The highest BCUT2D eigenvalue weighted by molar-refractivity contribution is 9.10. The van der Waals surface area contributed by atoms with Gasteiger partial charge in [-0.2, -0.15) is 0 Å². The summed E-state index contributed by atoms with van der Waals surface area (Å²) < 4.78 is 53.8. The van der Waals surface area contributed by atoms with Crippen molar-refractivity contribution < 1.29 is 17.2 Å². The third-order valence-corrected chi connectivity index (χ3v) is 4.46. The lowest BCUT2D eigenvalue weighted by atomic mass is 10.2. The number of nitrogens with one attached hydrogen (secondary N) is 1. The minimum Gasteiger partial charge on any atom is -0.383 e. The molecule has 0 saturated heterocycles. The second-order valence-electron chi connectivity index (χ2n) is 4.22. The molecule has 1 heterocycles. The van der Waals surface area contributed by atoms with Gasteiger partial charge in [0.1, 0.15) is 22.3 Å². The highest BCUT2D eigenvalue weighted by Crippen LogP contribution is 2.25. The molecule has 0 aliphatic carbocycles. The number of benzene rings is 1. The van der Waals surface area contributed by atoms with Crippen LogP contribution in [0.15, 0.2) is 33.8 Å². The summed E-state index contributed by atoms with van der Waals surface area (Å²) in [5, 5.41) is 0. The molecule has 0 amide bonds. The van der Waals surface area contributed by atoms with Crippen molar-refractivity contribution >= 4 is 37.5 Å². The van der Waals surface area contributed by atoms with Gasteiger partial charge in [0, 0.05) is 16.7 Å². The SMILES string of the molecule is Cc1cc(F)c(NS(=O)(=O)c2cc(Br)cnc2N)cc1F. The fourth-order valence-electron chi connectivity index (χ4n) is 1.57. The van der Waals surface area contributed by atoms with Crippen molar-refractivity contribution in [1.29, 1.82) is 0 Å². The minimum absolute atomic E-state index is 0.0686. The Labute approximate surface area is 128 Å². The van der Waals surface area contributed by atoms with E-state index >= 15 is 0 Å². The van der Waals surface area contributed by atoms with Gasteiger partial charge >= 0.3 is 0 Å². The molecule has 0 fully saturated rings. The Bertz CT molecular complexity index is 812. The Hall–Kier alpha value is -1.74. The molecular weight excluding hydrogens is 368 g/mol. The number of aryl methyl sites for hydroxylation is 1. The van der Waals surface area contributed by atoms with Crippen LogP contribution in [0.25, 0.3) is 0 Å². The molecule has 0 saturated carbocycles. The quantitative estimate of drug-likeness (QED) is 0.860. The minimum atomic E-state index is -4.19. The number of rotatable bonds is 3. The number of anilines is 2. The first-order valence-electron chi connectivity index (χ1n) is 5.60. The lowest BCUT2D eigenvalue weighted by Gasteiger charge is -2.11. The molecule has 5 nitrogen and oxygen atoms in total. The van der Waals surface area contributed by atoms with Crippen LogP contribution in [0.2, 0.25) is 0 Å². The maximum atomic E-state index is 13.7. The molecule has 112 valence electrons. The van der Waals surface area contributed by atoms with Crippen molar-refractivity contribution in [3.8, 4) is 0 Å². The van der Waals surface area contributed by atoms with E-state index in [0.29, 0.717) is 4.47 Å². The Morgan fingerprint density at radius 1 is 1.24 bits per heavy atom. The van der Waals surface area contributed by atoms with Crippen LogP contribution >= 0.6 is 15.9 Å². The van der Waals surface area contributed by atoms with Gasteiger partial charge in [0.25, 0.3) is 10.0 Å². The maximum absolute atomic E-state index is 13.7. The van der Waals surface area contributed by atoms with Crippen LogP contribution in [0, 0.1) is 18.6 Å². The Balaban J connectivity index is 2.47. The molecule has 0 atom stereocenters. The Morgan fingerprint density at radius 2 is 1.90 bits per heavy atom. The number of pyridine rings is 1. The molecule has 1 aromatic carbocycles. The second-order valence-corrected chi connectivity index (χ2v) is 6.79. The van der Waals surface area contributed by atoms with Crippen molar-refractivity contribution in [1.82, 2.24) is 4.98 Å². The third-order valence-electron chi connectivity index (χ3n) is 2.63. The van der Waals surface area contributed by atoms with Gasteiger partial charge in [0.2, 0.25) is 0 Å². The third kappa shape index (κ3) is 3.30. The largest absolute Gasteiger partial charge is 0.383 e. The molecule has 21 heavy (non-hydrogen) atoms. The number of nitrogen functional groups attached to an aromatic ring is 1. The van der Waals surface area contributed by atoms with E-state index in [9.17, 15) is 17.2 Å². The predicted octanol–water partition coefficient (Wildman–Crippen LogP) is 2.81. The number of nitrogens with zero attached hydrogens (tertiary/aromatic N) is 1. The van der Waals surface area contributed by atoms with E-state index in [4.69, 9.17) is 5.73 Å².